The highest BCUT2D eigenvalue weighted by atomic mass is 16.3. The van der Waals surface area contributed by atoms with E-state index in [-0.39, 0.29) is 24.4 Å². The average Bonchev–Trinajstić information content (AvgIpc) is 2.44. The number of rotatable bonds is 6. The van der Waals surface area contributed by atoms with Crippen LogP contribution >= 0.6 is 0 Å². The number of carbonyl (C=O) groups excluding carboxylic acids is 2. The van der Waals surface area contributed by atoms with Crippen LogP contribution in [0.5, 0.6) is 0 Å². The van der Waals surface area contributed by atoms with Crippen molar-refractivity contribution in [3.8, 4) is 0 Å². The molecule has 1 heterocycles. The summed E-state index contributed by atoms with van der Waals surface area (Å²) in [6.45, 7) is 4.75. The van der Waals surface area contributed by atoms with Crippen LogP contribution in [0.15, 0.2) is 0 Å². The minimum absolute atomic E-state index is 0.0361. The summed E-state index contributed by atoms with van der Waals surface area (Å²) >= 11 is 0. The Labute approximate surface area is 115 Å². The summed E-state index contributed by atoms with van der Waals surface area (Å²) in [5.41, 5.74) is 0. The average molecular weight is 270 g/mol. The summed E-state index contributed by atoms with van der Waals surface area (Å²) in [5, 5.41) is 12.4. The zero-order chi connectivity index (χ0) is 14.3. The van der Waals surface area contributed by atoms with Gasteiger partial charge in [0, 0.05) is 19.5 Å². The SMILES string of the molecule is CCCC(O)CNC(=O)C1CCCCN1C(=O)CC. The summed E-state index contributed by atoms with van der Waals surface area (Å²) < 4.78 is 0. The van der Waals surface area contributed by atoms with Crippen LogP contribution < -0.4 is 5.32 Å². The third kappa shape index (κ3) is 4.82. The van der Waals surface area contributed by atoms with Crippen LogP contribution in [-0.4, -0.2) is 47.1 Å². The molecule has 110 valence electrons. The van der Waals surface area contributed by atoms with Gasteiger partial charge < -0.3 is 15.3 Å². The van der Waals surface area contributed by atoms with Crippen molar-refractivity contribution in [2.24, 2.45) is 0 Å². The van der Waals surface area contributed by atoms with Gasteiger partial charge in [0.15, 0.2) is 0 Å². The van der Waals surface area contributed by atoms with Crippen molar-refractivity contribution < 1.29 is 14.7 Å². The first-order valence-electron chi connectivity index (χ1n) is 7.35. The fourth-order valence-corrected chi connectivity index (χ4v) is 2.48. The topological polar surface area (TPSA) is 69.6 Å². The first kappa shape index (κ1) is 16.0. The molecule has 0 radical (unpaired) electrons. The normalized spacial score (nSPS) is 21.0. The number of piperidine rings is 1. The number of aliphatic hydroxyl groups is 1. The first-order valence-corrected chi connectivity index (χ1v) is 7.35. The van der Waals surface area contributed by atoms with Crippen LogP contribution in [0.25, 0.3) is 0 Å². The lowest BCUT2D eigenvalue weighted by atomic mass is 10.0. The summed E-state index contributed by atoms with van der Waals surface area (Å²) in [5.74, 6) is -0.0920. The molecule has 5 nitrogen and oxygen atoms in total. The van der Waals surface area contributed by atoms with E-state index in [0.29, 0.717) is 19.4 Å². The van der Waals surface area contributed by atoms with E-state index in [2.05, 4.69) is 5.32 Å². The third-order valence-electron chi connectivity index (χ3n) is 3.56. The van der Waals surface area contributed by atoms with Crippen molar-refractivity contribution in [1.82, 2.24) is 10.2 Å². The van der Waals surface area contributed by atoms with Gasteiger partial charge in [0.05, 0.1) is 6.10 Å². The van der Waals surface area contributed by atoms with Crippen LogP contribution in [0, 0.1) is 0 Å². The maximum Gasteiger partial charge on any atom is 0.242 e. The number of hydrogen-bond acceptors (Lipinski definition) is 3. The van der Waals surface area contributed by atoms with Crippen LogP contribution in [0.3, 0.4) is 0 Å². The van der Waals surface area contributed by atoms with Gasteiger partial charge in [-0.3, -0.25) is 9.59 Å². The maximum absolute atomic E-state index is 12.1. The number of aliphatic hydroxyl groups excluding tert-OH is 1. The van der Waals surface area contributed by atoms with E-state index < -0.39 is 6.10 Å². The Morgan fingerprint density at radius 1 is 1.37 bits per heavy atom. The van der Waals surface area contributed by atoms with E-state index in [1.54, 1.807) is 4.90 Å². The predicted molar refractivity (Wildman–Crippen MR) is 73.6 cm³/mol. The van der Waals surface area contributed by atoms with Crippen molar-refractivity contribution in [3.05, 3.63) is 0 Å². The highest BCUT2D eigenvalue weighted by Crippen LogP contribution is 2.18. The second-order valence-electron chi connectivity index (χ2n) is 5.14. The van der Waals surface area contributed by atoms with Crippen LogP contribution in [0.2, 0.25) is 0 Å². The second-order valence-corrected chi connectivity index (χ2v) is 5.14. The molecular weight excluding hydrogens is 244 g/mol. The summed E-state index contributed by atoms with van der Waals surface area (Å²) in [6.07, 6.45) is 4.18. The van der Waals surface area contributed by atoms with E-state index >= 15 is 0 Å². The number of carbonyl (C=O) groups is 2. The van der Waals surface area contributed by atoms with E-state index in [4.69, 9.17) is 0 Å². The molecule has 5 heteroatoms. The first-order chi connectivity index (χ1) is 9.10. The molecular formula is C14H26N2O3. The molecule has 0 aliphatic carbocycles. The lowest BCUT2D eigenvalue weighted by Gasteiger charge is -2.34. The minimum atomic E-state index is -0.493. The third-order valence-corrected chi connectivity index (χ3v) is 3.56. The van der Waals surface area contributed by atoms with Crippen LogP contribution in [0.1, 0.15) is 52.4 Å². The quantitative estimate of drug-likeness (QED) is 0.758. The molecule has 0 spiro atoms. The molecule has 2 amide bonds. The number of likely N-dealkylation sites (tertiary alicyclic amines) is 1. The summed E-state index contributed by atoms with van der Waals surface area (Å²) in [6, 6.07) is -0.352. The van der Waals surface area contributed by atoms with Crippen molar-refractivity contribution in [3.63, 3.8) is 0 Å². The van der Waals surface area contributed by atoms with Gasteiger partial charge in [0.2, 0.25) is 11.8 Å². The number of nitrogens with zero attached hydrogens (tertiary/aromatic N) is 1. The molecule has 0 bridgehead atoms. The van der Waals surface area contributed by atoms with Crippen LogP contribution in [0.4, 0.5) is 0 Å². The van der Waals surface area contributed by atoms with Gasteiger partial charge in [0.25, 0.3) is 0 Å². The lowest BCUT2D eigenvalue weighted by Crippen LogP contribution is -2.52. The molecule has 1 fully saturated rings. The Bertz CT molecular complexity index is 307. The van der Waals surface area contributed by atoms with Gasteiger partial charge in [-0.2, -0.15) is 0 Å². The van der Waals surface area contributed by atoms with Gasteiger partial charge in [-0.15, -0.1) is 0 Å². The number of hydrogen-bond donors (Lipinski definition) is 2. The highest BCUT2D eigenvalue weighted by molar-refractivity contribution is 5.87. The summed E-state index contributed by atoms with van der Waals surface area (Å²) in [4.78, 5) is 25.6. The van der Waals surface area contributed by atoms with Crippen LogP contribution in [-0.2, 0) is 9.59 Å². The largest absolute Gasteiger partial charge is 0.391 e. The number of amides is 2. The van der Waals surface area contributed by atoms with Gasteiger partial charge in [-0.05, 0) is 25.7 Å². The molecule has 1 aliphatic heterocycles. The fraction of sp³-hybridized carbons (Fsp3) is 0.857. The zero-order valence-electron chi connectivity index (χ0n) is 12.0. The molecule has 19 heavy (non-hydrogen) atoms. The molecule has 0 saturated carbocycles. The Kier molecular flexibility index (Phi) is 6.84. The van der Waals surface area contributed by atoms with Gasteiger partial charge >= 0.3 is 0 Å². The van der Waals surface area contributed by atoms with E-state index in [1.807, 2.05) is 13.8 Å². The summed E-state index contributed by atoms with van der Waals surface area (Å²) in [7, 11) is 0. The van der Waals surface area contributed by atoms with Gasteiger partial charge in [0.1, 0.15) is 6.04 Å². The minimum Gasteiger partial charge on any atom is -0.391 e. The Balaban J connectivity index is 2.50. The van der Waals surface area contributed by atoms with E-state index in [9.17, 15) is 14.7 Å². The second kappa shape index (κ2) is 8.15. The monoisotopic (exact) mass is 270 g/mol. The Morgan fingerprint density at radius 3 is 2.74 bits per heavy atom. The standard InChI is InChI=1S/C14H26N2O3/c1-3-7-11(17)10-15-14(19)12-8-5-6-9-16(12)13(18)4-2/h11-12,17H,3-10H2,1-2H3,(H,15,19). The smallest absolute Gasteiger partial charge is 0.242 e. The molecule has 0 aromatic heterocycles. The molecule has 2 unspecified atom stereocenters. The molecule has 1 aliphatic rings. The van der Waals surface area contributed by atoms with Crippen molar-refractivity contribution >= 4 is 11.8 Å². The molecule has 2 atom stereocenters. The molecule has 0 aromatic rings. The zero-order valence-corrected chi connectivity index (χ0v) is 12.0. The van der Waals surface area contributed by atoms with Crippen molar-refractivity contribution in [2.45, 2.75) is 64.5 Å². The molecule has 1 rings (SSSR count). The van der Waals surface area contributed by atoms with Gasteiger partial charge in [-0.1, -0.05) is 20.3 Å². The Hall–Kier alpha value is -1.10. The molecule has 1 saturated heterocycles. The molecule has 0 aromatic carbocycles. The predicted octanol–water partition coefficient (Wildman–Crippen LogP) is 1.05. The van der Waals surface area contributed by atoms with E-state index in [0.717, 1.165) is 25.7 Å². The fourth-order valence-electron chi connectivity index (χ4n) is 2.48. The lowest BCUT2D eigenvalue weighted by molar-refractivity contribution is -0.142. The number of nitrogens with one attached hydrogen (secondary N) is 1. The van der Waals surface area contributed by atoms with Crippen molar-refractivity contribution in [2.75, 3.05) is 13.1 Å². The Morgan fingerprint density at radius 2 is 2.11 bits per heavy atom. The van der Waals surface area contributed by atoms with Crippen molar-refractivity contribution in [1.29, 1.82) is 0 Å². The van der Waals surface area contributed by atoms with Gasteiger partial charge in [-0.25, -0.2) is 0 Å². The highest BCUT2D eigenvalue weighted by Gasteiger charge is 2.31. The maximum atomic E-state index is 12.1. The molecule has 2 N–H and O–H groups in total. The van der Waals surface area contributed by atoms with E-state index in [1.165, 1.54) is 0 Å².